The highest BCUT2D eigenvalue weighted by atomic mass is 19.1. The van der Waals surface area contributed by atoms with Crippen LogP contribution in [0.25, 0.3) is 11.6 Å². The van der Waals surface area contributed by atoms with E-state index in [0.717, 1.165) is 32.1 Å². The normalized spacial score (nSPS) is 13.2. The van der Waals surface area contributed by atoms with Crippen molar-refractivity contribution >= 4 is 46.4 Å². The molecule has 0 aromatic heterocycles. The third-order valence-electron chi connectivity index (χ3n) is 6.38. The Morgan fingerprint density at radius 3 is 2.46 bits per heavy atom. The molecule has 39 heavy (non-hydrogen) atoms. The topological polar surface area (TPSA) is 113 Å². The van der Waals surface area contributed by atoms with Crippen molar-refractivity contribution in [2.24, 2.45) is 0 Å². The second-order valence-electron chi connectivity index (χ2n) is 9.38. The number of nitrogens with one attached hydrogen (secondary N) is 3. The van der Waals surface area contributed by atoms with Gasteiger partial charge >= 0.3 is 0 Å². The van der Waals surface area contributed by atoms with E-state index in [-0.39, 0.29) is 23.4 Å². The number of nitrogen functional groups attached to an aromatic ring is 1. The molecule has 7 nitrogen and oxygen atoms in total. The third-order valence-corrected chi connectivity index (χ3v) is 6.38. The Balaban J connectivity index is 1.16. The molecule has 3 amide bonds. The maximum atomic E-state index is 13.7. The minimum absolute atomic E-state index is 0.164. The Labute approximate surface area is 225 Å². The first kappa shape index (κ1) is 27.5. The predicted molar refractivity (Wildman–Crippen MR) is 149 cm³/mol. The van der Waals surface area contributed by atoms with Gasteiger partial charge < -0.3 is 21.7 Å². The highest BCUT2D eigenvalue weighted by Gasteiger charge is 2.24. The van der Waals surface area contributed by atoms with E-state index in [1.54, 1.807) is 30.3 Å². The van der Waals surface area contributed by atoms with Gasteiger partial charge in [-0.05, 0) is 73.0 Å². The van der Waals surface area contributed by atoms with Crippen LogP contribution < -0.4 is 21.7 Å². The minimum atomic E-state index is -0.451. The van der Waals surface area contributed by atoms with Gasteiger partial charge in [0.15, 0.2) is 0 Å². The van der Waals surface area contributed by atoms with Gasteiger partial charge in [0.25, 0.3) is 11.8 Å². The van der Waals surface area contributed by atoms with Crippen molar-refractivity contribution in [1.82, 2.24) is 5.32 Å². The van der Waals surface area contributed by atoms with Crippen LogP contribution in [-0.4, -0.2) is 24.3 Å². The monoisotopic (exact) mass is 532 g/mol. The molecule has 0 fully saturated rings. The molecule has 3 aromatic carbocycles. The maximum Gasteiger partial charge on any atom is 0.256 e. The van der Waals surface area contributed by atoms with E-state index in [1.807, 2.05) is 0 Å². The van der Waals surface area contributed by atoms with Gasteiger partial charge in [-0.15, -0.1) is 0 Å². The van der Waals surface area contributed by atoms with Crippen molar-refractivity contribution in [2.75, 3.05) is 22.9 Å². The summed E-state index contributed by atoms with van der Waals surface area (Å²) < 4.78 is 26.8. The van der Waals surface area contributed by atoms with Crippen LogP contribution in [0.1, 0.15) is 60.0 Å². The first-order valence-electron chi connectivity index (χ1n) is 12.9. The lowest BCUT2D eigenvalue weighted by molar-refractivity contribution is -0.116. The zero-order chi connectivity index (χ0) is 27.8. The van der Waals surface area contributed by atoms with Gasteiger partial charge in [-0.25, -0.2) is 8.78 Å². The van der Waals surface area contributed by atoms with Gasteiger partial charge in [0.2, 0.25) is 5.91 Å². The molecule has 1 aliphatic heterocycles. The van der Waals surface area contributed by atoms with Crippen LogP contribution in [0.2, 0.25) is 0 Å². The number of amides is 3. The molecule has 202 valence electrons. The lowest BCUT2D eigenvalue weighted by Gasteiger charge is -2.08. The molecule has 0 spiro atoms. The SMILES string of the molecule is Nc1cc(F)ccc1NC(=O)CCCCCCCNC(=O)c1cccc(/C=C2\C(=O)Nc3ccc(F)cc32)c1. The van der Waals surface area contributed by atoms with Crippen molar-refractivity contribution in [3.63, 3.8) is 0 Å². The summed E-state index contributed by atoms with van der Waals surface area (Å²) in [5, 5.41) is 8.31. The molecule has 9 heteroatoms. The number of benzene rings is 3. The Hall–Kier alpha value is -4.53. The second kappa shape index (κ2) is 12.8. The van der Waals surface area contributed by atoms with Crippen LogP contribution in [0.4, 0.5) is 25.8 Å². The van der Waals surface area contributed by atoms with E-state index in [0.29, 0.717) is 46.6 Å². The first-order chi connectivity index (χ1) is 18.8. The Morgan fingerprint density at radius 2 is 1.64 bits per heavy atom. The van der Waals surface area contributed by atoms with Crippen LogP contribution in [-0.2, 0) is 9.59 Å². The van der Waals surface area contributed by atoms with Crippen LogP contribution >= 0.6 is 0 Å². The number of hydrogen-bond donors (Lipinski definition) is 4. The number of anilines is 3. The van der Waals surface area contributed by atoms with Crippen molar-refractivity contribution in [2.45, 2.75) is 38.5 Å². The van der Waals surface area contributed by atoms with E-state index in [9.17, 15) is 23.2 Å². The number of fused-ring (bicyclic) bond motifs is 1. The number of rotatable bonds is 11. The number of unbranched alkanes of at least 4 members (excludes halogenated alkanes) is 4. The van der Waals surface area contributed by atoms with E-state index in [1.165, 1.54) is 36.4 Å². The number of nitrogens with two attached hydrogens (primary N) is 1. The number of carbonyl (C=O) groups is 3. The van der Waals surface area contributed by atoms with E-state index >= 15 is 0 Å². The fourth-order valence-electron chi connectivity index (χ4n) is 4.34. The fraction of sp³-hybridized carbons (Fsp3) is 0.233. The summed E-state index contributed by atoms with van der Waals surface area (Å²) >= 11 is 0. The number of halogens is 2. The van der Waals surface area contributed by atoms with Gasteiger partial charge in [0.1, 0.15) is 11.6 Å². The predicted octanol–water partition coefficient (Wildman–Crippen LogP) is 5.75. The zero-order valence-electron chi connectivity index (χ0n) is 21.4. The molecule has 1 heterocycles. The van der Waals surface area contributed by atoms with Crippen molar-refractivity contribution in [3.05, 3.63) is 89.0 Å². The summed E-state index contributed by atoms with van der Waals surface area (Å²) in [5.41, 5.74) is 8.83. The summed E-state index contributed by atoms with van der Waals surface area (Å²) in [7, 11) is 0. The Bertz CT molecular complexity index is 1420. The van der Waals surface area contributed by atoms with Gasteiger partial charge in [-0.2, -0.15) is 0 Å². The number of hydrogen-bond acceptors (Lipinski definition) is 4. The number of carbonyl (C=O) groups excluding carboxylic acids is 3. The second-order valence-corrected chi connectivity index (χ2v) is 9.38. The molecule has 0 aliphatic carbocycles. The van der Waals surface area contributed by atoms with Gasteiger partial charge in [-0.3, -0.25) is 14.4 Å². The summed E-state index contributed by atoms with van der Waals surface area (Å²) in [6.07, 6.45) is 6.22. The fourth-order valence-corrected chi connectivity index (χ4v) is 4.34. The highest BCUT2D eigenvalue weighted by Crippen LogP contribution is 2.33. The molecule has 1 aliphatic rings. The largest absolute Gasteiger partial charge is 0.397 e. The minimum Gasteiger partial charge on any atom is -0.397 e. The molecule has 3 aromatic rings. The van der Waals surface area contributed by atoms with Gasteiger partial charge in [0, 0.05) is 35.4 Å². The quantitative estimate of drug-likeness (QED) is 0.143. The molecule has 4 rings (SSSR count). The van der Waals surface area contributed by atoms with Gasteiger partial charge in [-0.1, -0.05) is 31.4 Å². The smallest absolute Gasteiger partial charge is 0.256 e. The molecule has 5 N–H and O–H groups in total. The maximum absolute atomic E-state index is 13.7. The van der Waals surface area contributed by atoms with E-state index < -0.39 is 11.6 Å². The Kier molecular flexibility index (Phi) is 9.04. The molecule has 0 radical (unpaired) electrons. The lowest BCUT2D eigenvalue weighted by atomic mass is 10.0. The summed E-state index contributed by atoms with van der Waals surface area (Å²) in [5.74, 6) is -1.57. The molecule has 0 atom stereocenters. The molecular formula is C30H30F2N4O3. The van der Waals surface area contributed by atoms with Crippen LogP contribution in [0.3, 0.4) is 0 Å². The summed E-state index contributed by atoms with van der Waals surface area (Å²) in [6, 6.07) is 14.9. The Morgan fingerprint density at radius 1 is 0.897 bits per heavy atom. The first-order valence-corrected chi connectivity index (χ1v) is 12.9. The van der Waals surface area contributed by atoms with Crippen molar-refractivity contribution in [3.8, 4) is 0 Å². The standard InChI is InChI=1S/C30H30F2N4O3/c31-21-10-12-26-23(17-21)24(30(39)36-26)16-19-7-6-8-20(15-19)29(38)34-14-5-3-1-2-4-9-28(37)35-27-13-11-22(32)18-25(27)33/h6-8,10-13,15-18H,1-5,9,14,33H2,(H,34,38)(H,35,37)(H,36,39)/b24-16-. The molecular weight excluding hydrogens is 502 g/mol. The lowest BCUT2D eigenvalue weighted by Crippen LogP contribution is -2.24. The van der Waals surface area contributed by atoms with Crippen LogP contribution in [0.5, 0.6) is 0 Å². The zero-order valence-corrected chi connectivity index (χ0v) is 21.4. The van der Waals surface area contributed by atoms with Crippen molar-refractivity contribution < 1.29 is 23.2 Å². The van der Waals surface area contributed by atoms with Gasteiger partial charge in [0.05, 0.1) is 11.4 Å². The molecule has 0 bridgehead atoms. The molecule has 0 saturated carbocycles. The van der Waals surface area contributed by atoms with Crippen LogP contribution in [0.15, 0.2) is 60.7 Å². The molecule has 0 saturated heterocycles. The third kappa shape index (κ3) is 7.50. The van der Waals surface area contributed by atoms with E-state index in [4.69, 9.17) is 5.73 Å². The average Bonchev–Trinajstić information content (AvgIpc) is 3.21. The average molecular weight is 533 g/mol. The highest BCUT2D eigenvalue weighted by molar-refractivity contribution is 6.34. The summed E-state index contributed by atoms with van der Waals surface area (Å²) in [4.78, 5) is 37.0. The summed E-state index contributed by atoms with van der Waals surface area (Å²) in [6.45, 7) is 0.517. The van der Waals surface area contributed by atoms with Crippen molar-refractivity contribution in [1.29, 1.82) is 0 Å². The molecule has 0 unspecified atom stereocenters. The van der Waals surface area contributed by atoms with E-state index in [2.05, 4.69) is 16.0 Å². The van der Waals surface area contributed by atoms with Crippen LogP contribution in [0, 0.1) is 11.6 Å².